The lowest BCUT2D eigenvalue weighted by Crippen LogP contribution is -1.96. The summed E-state index contributed by atoms with van der Waals surface area (Å²) in [4.78, 5) is 16.6. The molecule has 18 heavy (non-hydrogen) atoms. The Morgan fingerprint density at radius 2 is 2.22 bits per heavy atom. The van der Waals surface area contributed by atoms with Crippen LogP contribution in [0.15, 0.2) is 39.6 Å². The zero-order chi connectivity index (χ0) is 12.5. The summed E-state index contributed by atoms with van der Waals surface area (Å²) in [6.45, 7) is 0. The van der Waals surface area contributed by atoms with Crippen LogP contribution in [0.1, 0.15) is 10.5 Å². The van der Waals surface area contributed by atoms with Crippen LogP contribution < -0.4 is 0 Å². The van der Waals surface area contributed by atoms with Gasteiger partial charge < -0.3 is 0 Å². The van der Waals surface area contributed by atoms with Crippen molar-refractivity contribution < 1.29 is 4.79 Å². The molecule has 0 aromatic carbocycles. The van der Waals surface area contributed by atoms with Gasteiger partial charge in [0.2, 0.25) is 0 Å². The lowest BCUT2D eigenvalue weighted by molar-refractivity contribution is 0.111. The molecule has 0 atom stereocenters. The molecule has 0 saturated carbocycles. The van der Waals surface area contributed by atoms with Crippen LogP contribution in [0.2, 0.25) is 0 Å². The number of aromatic nitrogens is 2. The molecule has 0 aliphatic carbocycles. The number of halogens is 1. The average molecular weight is 339 g/mol. The maximum Gasteiger partial charge on any atom is 0.194 e. The lowest BCUT2D eigenvalue weighted by atomic mass is 10.4. The Kier molecular flexibility index (Phi) is 3.15. The second-order valence-electron chi connectivity index (χ2n) is 3.54. The van der Waals surface area contributed by atoms with Crippen molar-refractivity contribution in [2.24, 2.45) is 0 Å². The second kappa shape index (κ2) is 4.79. The summed E-state index contributed by atoms with van der Waals surface area (Å²) in [5, 5.41) is 2.81. The molecule has 90 valence electrons. The summed E-state index contributed by atoms with van der Waals surface area (Å²) in [7, 11) is 0. The minimum Gasteiger partial charge on any atom is -0.296 e. The number of carbonyl (C=O) groups is 1. The van der Waals surface area contributed by atoms with Crippen molar-refractivity contribution in [2.45, 2.75) is 0 Å². The molecule has 0 N–H and O–H groups in total. The van der Waals surface area contributed by atoms with Gasteiger partial charge in [-0.3, -0.25) is 9.36 Å². The lowest BCUT2D eigenvalue weighted by Gasteiger charge is -1.98. The Balaban J connectivity index is 2.01. The average Bonchev–Trinajstić information content (AvgIpc) is 3.07. The number of thiophene rings is 1. The van der Waals surface area contributed by atoms with Crippen LogP contribution in [0.3, 0.4) is 0 Å². The van der Waals surface area contributed by atoms with Gasteiger partial charge in [-0.15, -0.1) is 22.7 Å². The molecule has 3 aromatic rings. The first-order valence-corrected chi connectivity index (χ1v) is 7.61. The normalized spacial score (nSPS) is 10.7. The highest BCUT2D eigenvalue weighted by Gasteiger charge is 2.10. The second-order valence-corrected chi connectivity index (χ2v) is 6.84. The van der Waals surface area contributed by atoms with Gasteiger partial charge in [0, 0.05) is 11.6 Å². The first kappa shape index (κ1) is 11.8. The SMILES string of the molecule is O=Cc1cccn1-c1nc(-c2ccc(Br)s2)cs1. The minimum atomic E-state index is 0.614. The van der Waals surface area contributed by atoms with Gasteiger partial charge in [-0.2, -0.15) is 0 Å². The third-order valence-electron chi connectivity index (χ3n) is 2.42. The Morgan fingerprint density at radius 3 is 2.94 bits per heavy atom. The van der Waals surface area contributed by atoms with E-state index in [1.807, 2.05) is 29.8 Å². The van der Waals surface area contributed by atoms with Crippen LogP contribution in [-0.2, 0) is 0 Å². The fraction of sp³-hybridized carbons (Fsp3) is 0. The van der Waals surface area contributed by atoms with Gasteiger partial charge >= 0.3 is 0 Å². The largest absolute Gasteiger partial charge is 0.296 e. The quantitative estimate of drug-likeness (QED) is 0.669. The number of rotatable bonds is 3. The van der Waals surface area contributed by atoms with Crippen molar-refractivity contribution in [3.05, 3.63) is 45.3 Å². The van der Waals surface area contributed by atoms with E-state index in [4.69, 9.17) is 0 Å². The van der Waals surface area contributed by atoms with E-state index in [1.165, 1.54) is 11.3 Å². The van der Waals surface area contributed by atoms with Crippen LogP contribution in [0, 0.1) is 0 Å². The maximum absolute atomic E-state index is 10.9. The summed E-state index contributed by atoms with van der Waals surface area (Å²) in [6, 6.07) is 7.65. The molecular formula is C12H7BrN2OS2. The molecule has 3 aromatic heterocycles. The molecular weight excluding hydrogens is 332 g/mol. The highest BCUT2D eigenvalue weighted by Crippen LogP contribution is 2.32. The van der Waals surface area contributed by atoms with E-state index < -0.39 is 0 Å². The van der Waals surface area contributed by atoms with E-state index in [-0.39, 0.29) is 0 Å². The zero-order valence-electron chi connectivity index (χ0n) is 9.04. The molecule has 0 unspecified atom stereocenters. The number of aldehydes is 1. The molecule has 0 saturated heterocycles. The highest BCUT2D eigenvalue weighted by atomic mass is 79.9. The molecule has 0 radical (unpaired) electrons. The van der Waals surface area contributed by atoms with Gasteiger partial charge in [0.05, 0.1) is 20.1 Å². The van der Waals surface area contributed by atoms with E-state index in [2.05, 4.69) is 20.9 Å². The van der Waals surface area contributed by atoms with Crippen LogP contribution in [0.4, 0.5) is 0 Å². The molecule has 0 fully saturated rings. The van der Waals surface area contributed by atoms with Crippen LogP contribution in [0.5, 0.6) is 0 Å². The third kappa shape index (κ3) is 2.07. The van der Waals surface area contributed by atoms with E-state index in [9.17, 15) is 4.79 Å². The summed E-state index contributed by atoms with van der Waals surface area (Å²) in [6.07, 6.45) is 2.68. The number of hydrogen-bond acceptors (Lipinski definition) is 4. The highest BCUT2D eigenvalue weighted by molar-refractivity contribution is 9.11. The van der Waals surface area contributed by atoms with Crippen molar-refractivity contribution >= 4 is 44.9 Å². The molecule has 3 rings (SSSR count). The van der Waals surface area contributed by atoms with Crippen LogP contribution in [-0.4, -0.2) is 15.8 Å². The number of hydrogen-bond donors (Lipinski definition) is 0. The molecule has 6 heteroatoms. The number of carbonyl (C=O) groups excluding carboxylic acids is 1. The van der Waals surface area contributed by atoms with Gasteiger partial charge in [0.1, 0.15) is 0 Å². The zero-order valence-corrected chi connectivity index (χ0v) is 12.3. The summed E-state index contributed by atoms with van der Waals surface area (Å²) >= 11 is 6.61. The molecule has 3 nitrogen and oxygen atoms in total. The Labute approximate surface area is 120 Å². The Hall–Kier alpha value is -1.24. The van der Waals surface area contributed by atoms with Crippen LogP contribution >= 0.6 is 38.6 Å². The molecule has 0 aliphatic heterocycles. The predicted molar refractivity (Wildman–Crippen MR) is 77.8 cm³/mol. The molecule has 3 heterocycles. The smallest absolute Gasteiger partial charge is 0.194 e. The van der Waals surface area contributed by atoms with Crippen molar-refractivity contribution in [1.82, 2.24) is 9.55 Å². The van der Waals surface area contributed by atoms with Crippen molar-refractivity contribution in [3.8, 4) is 15.7 Å². The topological polar surface area (TPSA) is 34.9 Å². The minimum absolute atomic E-state index is 0.614. The van der Waals surface area contributed by atoms with E-state index in [1.54, 1.807) is 22.0 Å². The fourth-order valence-electron chi connectivity index (χ4n) is 1.60. The van der Waals surface area contributed by atoms with Gasteiger partial charge in [-0.1, -0.05) is 0 Å². The molecule has 0 spiro atoms. The van der Waals surface area contributed by atoms with Gasteiger partial charge in [0.15, 0.2) is 11.4 Å². The fourth-order valence-corrected chi connectivity index (χ4v) is 3.85. The van der Waals surface area contributed by atoms with Crippen molar-refractivity contribution in [1.29, 1.82) is 0 Å². The number of nitrogens with zero attached hydrogens (tertiary/aromatic N) is 2. The van der Waals surface area contributed by atoms with Gasteiger partial charge in [-0.25, -0.2) is 4.98 Å². The Bertz CT molecular complexity index is 698. The van der Waals surface area contributed by atoms with Gasteiger partial charge in [0.25, 0.3) is 0 Å². The summed E-state index contributed by atoms with van der Waals surface area (Å²) < 4.78 is 2.88. The maximum atomic E-state index is 10.9. The first-order valence-electron chi connectivity index (χ1n) is 5.12. The summed E-state index contributed by atoms with van der Waals surface area (Å²) in [5.74, 6) is 0. The van der Waals surface area contributed by atoms with E-state index in [0.29, 0.717) is 5.69 Å². The van der Waals surface area contributed by atoms with Crippen molar-refractivity contribution in [2.75, 3.05) is 0 Å². The third-order valence-corrected chi connectivity index (χ3v) is 4.91. The number of thiazole rings is 1. The van der Waals surface area contributed by atoms with Crippen LogP contribution in [0.25, 0.3) is 15.7 Å². The molecule has 0 amide bonds. The predicted octanol–water partition coefficient (Wildman–Crippen LogP) is 4.24. The van der Waals surface area contributed by atoms with E-state index in [0.717, 1.165) is 25.8 Å². The van der Waals surface area contributed by atoms with Crippen molar-refractivity contribution in [3.63, 3.8) is 0 Å². The summed E-state index contributed by atoms with van der Waals surface area (Å²) in [5.41, 5.74) is 1.56. The molecule has 0 bridgehead atoms. The first-order chi connectivity index (χ1) is 8.78. The van der Waals surface area contributed by atoms with Gasteiger partial charge in [-0.05, 0) is 40.2 Å². The van der Waals surface area contributed by atoms with E-state index >= 15 is 0 Å². The standard InChI is InChI=1S/C12H7BrN2OS2/c13-11-4-3-10(18-11)9-7-17-12(14-9)15-5-1-2-8(15)6-16/h1-7H. The monoisotopic (exact) mass is 338 g/mol. The molecule has 0 aliphatic rings. The Morgan fingerprint density at radius 1 is 1.33 bits per heavy atom.